The Balaban J connectivity index is 2.19. The van der Waals surface area contributed by atoms with Gasteiger partial charge in [0, 0.05) is 5.56 Å². The molecule has 0 N–H and O–H groups in total. The Morgan fingerprint density at radius 2 is 1.64 bits per heavy atom. The molecule has 0 aliphatic heterocycles. The Morgan fingerprint density at radius 1 is 0.955 bits per heavy atom. The van der Waals surface area contributed by atoms with Gasteiger partial charge >= 0.3 is 0 Å². The molecule has 1 heterocycles. The fourth-order valence-electron chi connectivity index (χ4n) is 2.41. The van der Waals surface area contributed by atoms with Crippen LogP contribution in [-0.2, 0) is 0 Å². The van der Waals surface area contributed by atoms with Crippen molar-refractivity contribution in [3.8, 4) is 28.7 Å². The number of nitrogens with zero attached hydrogens (tertiary/aromatic N) is 1. The van der Waals surface area contributed by atoms with Crippen LogP contribution in [0.5, 0.6) is 17.2 Å². The minimum absolute atomic E-state index is 0.517. The van der Waals surface area contributed by atoms with E-state index in [1.807, 2.05) is 37.3 Å². The van der Waals surface area contributed by atoms with Crippen molar-refractivity contribution in [3.05, 3.63) is 35.9 Å². The van der Waals surface area contributed by atoms with Gasteiger partial charge in [-0.15, -0.1) is 0 Å². The Hall–Kier alpha value is -2.69. The lowest BCUT2D eigenvalue weighted by Crippen LogP contribution is -1.95. The van der Waals surface area contributed by atoms with E-state index in [2.05, 4.69) is 4.98 Å². The molecule has 0 aliphatic rings. The van der Waals surface area contributed by atoms with Crippen LogP contribution in [-0.4, -0.2) is 26.3 Å². The maximum atomic E-state index is 5.84. The number of aromatic nitrogens is 1. The van der Waals surface area contributed by atoms with E-state index < -0.39 is 0 Å². The van der Waals surface area contributed by atoms with Crippen LogP contribution >= 0.6 is 0 Å². The van der Waals surface area contributed by atoms with Gasteiger partial charge in [0.2, 0.25) is 11.6 Å². The van der Waals surface area contributed by atoms with Gasteiger partial charge in [-0.05, 0) is 30.7 Å². The number of para-hydroxylation sites is 1. The van der Waals surface area contributed by atoms with Crippen LogP contribution in [0, 0.1) is 6.92 Å². The van der Waals surface area contributed by atoms with E-state index in [1.54, 1.807) is 21.3 Å². The average Bonchev–Trinajstić information content (AvgIpc) is 2.99. The minimum atomic E-state index is 0.517. The van der Waals surface area contributed by atoms with E-state index in [1.165, 1.54) is 0 Å². The van der Waals surface area contributed by atoms with Crippen molar-refractivity contribution >= 4 is 11.1 Å². The normalized spacial score (nSPS) is 10.7. The third-order valence-electron chi connectivity index (χ3n) is 3.53. The number of aryl methyl sites for hydroxylation is 1. The zero-order chi connectivity index (χ0) is 15.7. The number of fused-ring (bicyclic) bond motifs is 1. The second-order valence-electron chi connectivity index (χ2n) is 4.85. The van der Waals surface area contributed by atoms with Crippen LogP contribution in [0.4, 0.5) is 0 Å². The van der Waals surface area contributed by atoms with Gasteiger partial charge in [0.25, 0.3) is 0 Å². The quantitative estimate of drug-likeness (QED) is 0.733. The average molecular weight is 299 g/mol. The molecular formula is C17H17NO4. The molecule has 0 bridgehead atoms. The Labute approximate surface area is 128 Å². The largest absolute Gasteiger partial charge is 0.493 e. The van der Waals surface area contributed by atoms with Crippen molar-refractivity contribution in [1.82, 2.24) is 4.98 Å². The van der Waals surface area contributed by atoms with Crippen molar-refractivity contribution in [2.75, 3.05) is 21.3 Å². The van der Waals surface area contributed by atoms with Crippen LogP contribution in [0.2, 0.25) is 0 Å². The molecule has 1 aromatic heterocycles. The maximum absolute atomic E-state index is 5.84. The number of oxazole rings is 1. The first kappa shape index (κ1) is 14.3. The molecule has 114 valence electrons. The van der Waals surface area contributed by atoms with Crippen molar-refractivity contribution in [1.29, 1.82) is 0 Å². The molecule has 0 unspecified atom stereocenters. The van der Waals surface area contributed by atoms with Crippen molar-refractivity contribution in [2.24, 2.45) is 0 Å². The summed E-state index contributed by atoms with van der Waals surface area (Å²) >= 11 is 0. The van der Waals surface area contributed by atoms with Crippen molar-refractivity contribution in [2.45, 2.75) is 6.92 Å². The van der Waals surface area contributed by atoms with Gasteiger partial charge < -0.3 is 18.6 Å². The van der Waals surface area contributed by atoms with E-state index in [-0.39, 0.29) is 0 Å². The number of methoxy groups -OCH3 is 3. The summed E-state index contributed by atoms with van der Waals surface area (Å²) in [5.74, 6) is 2.19. The molecule has 0 fully saturated rings. The topological polar surface area (TPSA) is 53.7 Å². The van der Waals surface area contributed by atoms with E-state index in [0.29, 0.717) is 23.1 Å². The van der Waals surface area contributed by atoms with E-state index >= 15 is 0 Å². The summed E-state index contributed by atoms with van der Waals surface area (Å²) in [5, 5.41) is 0. The Morgan fingerprint density at radius 3 is 2.18 bits per heavy atom. The summed E-state index contributed by atoms with van der Waals surface area (Å²) in [6.07, 6.45) is 0. The van der Waals surface area contributed by atoms with Gasteiger partial charge in [-0.1, -0.05) is 12.1 Å². The highest BCUT2D eigenvalue weighted by molar-refractivity contribution is 5.80. The molecular weight excluding hydrogens is 282 g/mol. The van der Waals surface area contributed by atoms with Crippen molar-refractivity contribution < 1.29 is 18.6 Å². The van der Waals surface area contributed by atoms with Gasteiger partial charge in [0.1, 0.15) is 5.52 Å². The summed E-state index contributed by atoms with van der Waals surface area (Å²) in [6, 6.07) is 9.49. The van der Waals surface area contributed by atoms with Gasteiger partial charge in [0.15, 0.2) is 17.1 Å². The lowest BCUT2D eigenvalue weighted by molar-refractivity contribution is 0.324. The maximum Gasteiger partial charge on any atom is 0.227 e. The molecule has 0 atom stereocenters. The zero-order valence-corrected chi connectivity index (χ0v) is 13.0. The molecule has 0 saturated carbocycles. The fourth-order valence-corrected chi connectivity index (χ4v) is 2.41. The molecule has 2 aromatic carbocycles. The van der Waals surface area contributed by atoms with Crippen LogP contribution < -0.4 is 14.2 Å². The van der Waals surface area contributed by atoms with Crippen LogP contribution in [0.3, 0.4) is 0 Å². The van der Waals surface area contributed by atoms with E-state index in [4.69, 9.17) is 18.6 Å². The second kappa shape index (κ2) is 5.60. The molecule has 0 radical (unpaired) electrons. The highest BCUT2D eigenvalue weighted by Gasteiger charge is 2.17. The fraction of sp³-hybridized carbons (Fsp3) is 0.235. The van der Waals surface area contributed by atoms with Gasteiger partial charge in [-0.25, -0.2) is 4.98 Å². The second-order valence-corrected chi connectivity index (χ2v) is 4.85. The van der Waals surface area contributed by atoms with Crippen LogP contribution in [0.15, 0.2) is 34.7 Å². The molecule has 0 saturated heterocycles. The Bertz CT molecular complexity index is 798. The number of ether oxygens (including phenoxy) is 3. The monoisotopic (exact) mass is 299 g/mol. The highest BCUT2D eigenvalue weighted by atomic mass is 16.5. The molecule has 5 heteroatoms. The number of hydrogen-bond donors (Lipinski definition) is 0. The molecule has 0 spiro atoms. The number of benzene rings is 2. The SMILES string of the molecule is COc1cc(-c2nc3c(C)cccc3o2)cc(OC)c1OC. The van der Waals surface area contributed by atoms with Crippen LogP contribution in [0.25, 0.3) is 22.6 Å². The summed E-state index contributed by atoms with van der Waals surface area (Å²) in [4.78, 5) is 4.57. The summed E-state index contributed by atoms with van der Waals surface area (Å²) in [7, 11) is 4.73. The summed E-state index contributed by atoms with van der Waals surface area (Å²) in [5.41, 5.74) is 3.44. The standard InChI is InChI=1S/C17H17NO4/c1-10-6-5-7-12-15(10)18-17(22-12)11-8-13(19-2)16(21-4)14(9-11)20-3/h5-9H,1-4H3. The predicted octanol–water partition coefficient (Wildman–Crippen LogP) is 3.83. The lowest BCUT2D eigenvalue weighted by atomic mass is 10.2. The number of rotatable bonds is 4. The first-order chi connectivity index (χ1) is 10.7. The molecule has 0 amide bonds. The molecule has 5 nitrogen and oxygen atoms in total. The molecule has 22 heavy (non-hydrogen) atoms. The minimum Gasteiger partial charge on any atom is -0.493 e. The summed E-state index contributed by atoms with van der Waals surface area (Å²) in [6.45, 7) is 2.00. The molecule has 3 aromatic rings. The van der Waals surface area contributed by atoms with Crippen LogP contribution in [0.1, 0.15) is 5.56 Å². The van der Waals surface area contributed by atoms with Gasteiger partial charge in [0.05, 0.1) is 21.3 Å². The van der Waals surface area contributed by atoms with Gasteiger partial charge in [-0.2, -0.15) is 0 Å². The third kappa shape index (κ3) is 2.24. The highest BCUT2D eigenvalue weighted by Crippen LogP contribution is 2.41. The molecule has 0 aliphatic carbocycles. The lowest BCUT2D eigenvalue weighted by Gasteiger charge is -2.12. The zero-order valence-electron chi connectivity index (χ0n) is 13.0. The smallest absolute Gasteiger partial charge is 0.227 e. The first-order valence-electron chi connectivity index (χ1n) is 6.84. The Kier molecular flexibility index (Phi) is 3.63. The van der Waals surface area contributed by atoms with E-state index in [0.717, 1.165) is 22.2 Å². The summed E-state index contributed by atoms with van der Waals surface area (Å²) < 4.78 is 21.9. The number of hydrogen-bond acceptors (Lipinski definition) is 5. The third-order valence-corrected chi connectivity index (χ3v) is 3.53. The molecule has 3 rings (SSSR count). The predicted molar refractivity (Wildman–Crippen MR) is 83.8 cm³/mol. The first-order valence-corrected chi connectivity index (χ1v) is 6.84. The van der Waals surface area contributed by atoms with Crippen molar-refractivity contribution in [3.63, 3.8) is 0 Å². The van der Waals surface area contributed by atoms with E-state index in [9.17, 15) is 0 Å². The van der Waals surface area contributed by atoms with Gasteiger partial charge in [-0.3, -0.25) is 0 Å².